The molecule has 2 aromatic carbocycles. The molecule has 1 saturated carbocycles. The zero-order chi connectivity index (χ0) is 40.8. The van der Waals surface area contributed by atoms with Gasteiger partial charge in [-0.15, -0.1) is 11.3 Å². The number of nitrogens with zero attached hydrogens (tertiary/aromatic N) is 3. The third kappa shape index (κ3) is 9.66. The molecule has 306 valence electrons. The van der Waals surface area contributed by atoms with Crippen molar-refractivity contribution in [2.45, 2.75) is 76.2 Å². The minimum absolute atomic E-state index is 0.0589. The Kier molecular flexibility index (Phi) is 12.7. The summed E-state index contributed by atoms with van der Waals surface area (Å²) in [7, 11) is 0. The smallest absolute Gasteiger partial charge is 0.262 e. The number of aromatic nitrogens is 2. The number of fused-ring (bicyclic) bond motifs is 2. The van der Waals surface area contributed by atoms with Gasteiger partial charge < -0.3 is 30.2 Å². The molecule has 2 atom stereocenters. The minimum atomic E-state index is -1.50. The number of pyridine rings is 1. The predicted octanol–water partition coefficient (Wildman–Crippen LogP) is 4.94. The number of piperidine rings is 1. The largest absolute Gasteiger partial charge is 0.382 e. The summed E-state index contributed by atoms with van der Waals surface area (Å²) in [6.07, 6.45) is 3.21. The fourth-order valence-corrected chi connectivity index (χ4v) is 7.53. The van der Waals surface area contributed by atoms with E-state index in [1.54, 1.807) is 55.0 Å². The number of imide groups is 2. The Morgan fingerprint density at radius 1 is 1.00 bits per heavy atom. The van der Waals surface area contributed by atoms with Crippen molar-refractivity contribution >= 4 is 68.3 Å². The molecule has 4 heterocycles. The van der Waals surface area contributed by atoms with E-state index in [2.05, 4.69) is 31.2 Å². The average Bonchev–Trinajstić information content (AvgIpc) is 3.83. The van der Waals surface area contributed by atoms with Crippen LogP contribution in [-0.2, 0) is 30.2 Å². The number of rotatable bonds is 20. The van der Waals surface area contributed by atoms with Gasteiger partial charge in [0.1, 0.15) is 18.0 Å². The number of hydrogen-bond donors (Lipinski definition) is 4. The van der Waals surface area contributed by atoms with E-state index in [0.29, 0.717) is 48.7 Å². The van der Waals surface area contributed by atoms with Gasteiger partial charge in [-0.2, -0.15) is 0 Å². The van der Waals surface area contributed by atoms with Crippen LogP contribution in [0.2, 0.25) is 0 Å². The zero-order valence-corrected chi connectivity index (χ0v) is 33.1. The number of ether oxygens (including phenoxy) is 3. The lowest BCUT2D eigenvalue weighted by Gasteiger charge is -2.29. The van der Waals surface area contributed by atoms with Crippen LogP contribution in [0.15, 0.2) is 54.2 Å². The number of aryl methyl sites for hydroxylation is 1. The molecule has 17 heteroatoms. The number of carbonyl (C=O) groups excluding carboxylic acids is 5. The van der Waals surface area contributed by atoms with Gasteiger partial charge in [0.2, 0.25) is 11.8 Å². The highest BCUT2D eigenvalue weighted by molar-refractivity contribution is 7.16. The Labute approximate surface area is 338 Å². The van der Waals surface area contributed by atoms with Crippen molar-refractivity contribution < 1.29 is 42.6 Å². The van der Waals surface area contributed by atoms with Crippen LogP contribution in [0.1, 0.15) is 82.6 Å². The van der Waals surface area contributed by atoms with E-state index in [1.807, 2.05) is 18.2 Å². The molecule has 2 fully saturated rings. The van der Waals surface area contributed by atoms with Crippen molar-refractivity contribution in [1.29, 1.82) is 0 Å². The second-order valence-electron chi connectivity index (χ2n) is 14.9. The Bertz CT molecular complexity index is 2190. The summed E-state index contributed by atoms with van der Waals surface area (Å²) < 4.78 is 33.5. The molecule has 3 aliphatic rings. The maximum Gasteiger partial charge on any atom is 0.262 e. The number of anilines is 3. The van der Waals surface area contributed by atoms with E-state index in [1.165, 1.54) is 6.20 Å². The van der Waals surface area contributed by atoms with Crippen LogP contribution in [0, 0.1) is 0 Å². The zero-order valence-electron chi connectivity index (χ0n) is 32.3. The number of benzene rings is 2. The van der Waals surface area contributed by atoms with E-state index >= 15 is 4.39 Å². The molecular formula is C41H46FN7O8S. The van der Waals surface area contributed by atoms with Gasteiger partial charge in [0.25, 0.3) is 17.7 Å². The van der Waals surface area contributed by atoms with E-state index in [-0.39, 0.29) is 56.4 Å². The van der Waals surface area contributed by atoms with Crippen LogP contribution in [-0.4, -0.2) is 108 Å². The molecule has 4 N–H and O–H groups in total. The molecule has 4 aromatic rings. The Hall–Kier alpha value is -5.36. The van der Waals surface area contributed by atoms with Gasteiger partial charge in [0, 0.05) is 37.0 Å². The lowest BCUT2D eigenvalue weighted by atomic mass is 9.99. The topological polar surface area (TPSA) is 190 Å². The molecule has 15 nitrogen and oxygen atoms in total. The van der Waals surface area contributed by atoms with Crippen molar-refractivity contribution in [3.8, 4) is 0 Å². The molecule has 0 spiro atoms. The monoisotopic (exact) mass is 815 g/mol. The number of alkyl halides is 1. The molecule has 2 aromatic heterocycles. The fourth-order valence-electron chi connectivity index (χ4n) is 6.81. The normalized spacial score (nSPS) is 17.4. The molecule has 58 heavy (non-hydrogen) atoms. The highest BCUT2D eigenvalue weighted by Gasteiger charge is 2.45. The number of halogens is 1. The lowest BCUT2D eigenvalue weighted by molar-refractivity contribution is -0.136. The molecule has 0 bridgehead atoms. The summed E-state index contributed by atoms with van der Waals surface area (Å²) in [5.74, 6) is -2.00. The SMILES string of the molecule is CC(C)(OCCOCCOCCCc1cccc2c1C(=O)N(C1CCC(=O)NC1=O)C2=O)C(F)CNC(=O)c1cnc(Nc2ccc3ncsc3c2)cc1NC1CC1. The number of thiazole rings is 1. The summed E-state index contributed by atoms with van der Waals surface area (Å²) in [5, 5.41) is 11.6. The maximum atomic E-state index is 15.4. The Morgan fingerprint density at radius 3 is 2.59 bits per heavy atom. The molecular weight excluding hydrogens is 770 g/mol. The summed E-state index contributed by atoms with van der Waals surface area (Å²) in [4.78, 5) is 73.2. The van der Waals surface area contributed by atoms with E-state index in [9.17, 15) is 24.0 Å². The van der Waals surface area contributed by atoms with Gasteiger partial charge in [-0.05, 0) is 75.8 Å². The van der Waals surface area contributed by atoms with Gasteiger partial charge in [0.05, 0.1) is 76.7 Å². The molecule has 1 aliphatic carbocycles. The fraction of sp³-hybridized carbons (Fsp3) is 0.439. The van der Waals surface area contributed by atoms with Gasteiger partial charge in [-0.1, -0.05) is 12.1 Å². The molecule has 7 rings (SSSR count). The van der Waals surface area contributed by atoms with E-state index < -0.39 is 47.4 Å². The summed E-state index contributed by atoms with van der Waals surface area (Å²) in [6, 6.07) is 12.0. The molecule has 0 radical (unpaired) electrons. The summed E-state index contributed by atoms with van der Waals surface area (Å²) >= 11 is 1.55. The lowest BCUT2D eigenvalue weighted by Crippen LogP contribution is -2.54. The van der Waals surface area contributed by atoms with Gasteiger partial charge in [0.15, 0.2) is 0 Å². The van der Waals surface area contributed by atoms with Crippen LogP contribution in [0.5, 0.6) is 0 Å². The molecule has 5 amide bonds. The molecule has 2 aliphatic heterocycles. The summed E-state index contributed by atoms with van der Waals surface area (Å²) in [6.45, 7) is 4.30. The third-order valence-electron chi connectivity index (χ3n) is 10.2. The standard InChI is InChI=1S/C41H46FN7O8S/c1-41(2,33(42)22-44-37(51)28-21-43-34(20-30(28)46-25-8-9-25)47-26-10-11-29-32(19-26)58-23-45-29)57-18-17-56-16-15-55-14-4-6-24-5-3-7-27-36(24)40(54)49(39(27)53)31-12-13-35(50)48-38(31)52/h3,5,7,10-11,19-21,23,25,31,33H,4,6,8-9,12-18,22H2,1-2H3,(H,44,51)(H2,43,46,47)(H,48,50,52). The van der Waals surface area contributed by atoms with Crippen LogP contribution in [0.4, 0.5) is 21.6 Å². The summed E-state index contributed by atoms with van der Waals surface area (Å²) in [5.41, 5.74) is 4.54. The Balaban J connectivity index is 0.788. The van der Waals surface area contributed by atoms with Gasteiger partial charge in [-0.3, -0.25) is 34.2 Å². The minimum Gasteiger partial charge on any atom is -0.382 e. The van der Waals surface area contributed by atoms with Crippen molar-refractivity contribution in [2.24, 2.45) is 0 Å². The van der Waals surface area contributed by atoms with Gasteiger partial charge in [-0.25, -0.2) is 14.4 Å². The first-order chi connectivity index (χ1) is 28.0. The quantitative estimate of drug-likeness (QED) is 0.0696. The molecule has 1 saturated heterocycles. The van der Waals surface area contributed by atoms with Crippen molar-refractivity contribution in [3.05, 3.63) is 76.4 Å². The maximum absolute atomic E-state index is 15.4. The van der Waals surface area contributed by atoms with Gasteiger partial charge >= 0.3 is 0 Å². The van der Waals surface area contributed by atoms with Crippen LogP contribution in [0.3, 0.4) is 0 Å². The van der Waals surface area contributed by atoms with Crippen molar-refractivity contribution in [1.82, 2.24) is 25.5 Å². The molecule has 2 unspecified atom stereocenters. The average molecular weight is 816 g/mol. The second kappa shape index (κ2) is 18.1. The first-order valence-electron chi connectivity index (χ1n) is 19.4. The Morgan fingerprint density at radius 2 is 1.79 bits per heavy atom. The van der Waals surface area contributed by atoms with Crippen LogP contribution < -0.4 is 21.3 Å². The highest BCUT2D eigenvalue weighted by atomic mass is 32.1. The number of hydrogen-bond acceptors (Lipinski definition) is 13. The van der Waals surface area contributed by atoms with E-state index in [0.717, 1.165) is 33.6 Å². The number of carbonyl (C=O) groups is 5. The van der Waals surface area contributed by atoms with Crippen molar-refractivity contribution in [3.63, 3.8) is 0 Å². The number of amides is 5. The first kappa shape index (κ1) is 40.8. The predicted molar refractivity (Wildman–Crippen MR) is 214 cm³/mol. The first-order valence-corrected chi connectivity index (χ1v) is 20.3. The number of nitrogens with one attached hydrogen (secondary N) is 4. The van der Waals surface area contributed by atoms with Crippen LogP contribution in [0.25, 0.3) is 10.2 Å². The van der Waals surface area contributed by atoms with E-state index in [4.69, 9.17) is 14.2 Å². The van der Waals surface area contributed by atoms with Crippen LogP contribution >= 0.6 is 11.3 Å². The van der Waals surface area contributed by atoms with Crippen molar-refractivity contribution in [2.75, 3.05) is 50.2 Å². The highest BCUT2D eigenvalue weighted by Crippen LogP contribution is 2.32. The second-order valence-corrected chi connectivity index (χ2v) is 15.8. The third-order valence-corrected chi connectivity index (χ3v) is 11.0.